The van der Waals surface area contributed by atoms with Gasteiger partial charge in [0.05, 0.1) is 35.0 Å². The third-order valence-corrected chi connectivity index (χ3v) is 7.60. The quantitative estimate of drug-likeness (QED) is 0.520. The second-order valence-corrected chi connectivity index (χ2v) is 10.4. The average Bonchev–Trinajstić information content (AvgIpc) is 3.20. The summed E-state index contributed by atoms with van der Waals surface area (Å²) < 4.78 is 1.81. The summed E-state index contributed by atoms with van der Waals surface area (Å²) in [4.78, 5) is 13.5. The van der Waals surface area contributed by atoms with Gasteiger partial charge in [-0.15, -0.1) is 0 Å². The van der Waals surface area contributed by atoms with E-state index in [-0.39, 0.29) is 6.04 Å². The van der Waals surface area contributed by atoms with Crippen molar-refractivity contribution in [2.45, 2.75) is 25.4 Å². The van der Waals surface area contributed by atoms with E-state index >= 15 is 0 Å². The average molecular weight is 512 g/mol. The number of imidazole rings is 1. The van der Waals surface area contributed by atoms with Crippen LogP contribution in [0.5, 0.6) is 0 Å². The minimum atomic E-state index is -1.37. The number of pyridine rings is 1. The Kier molecular flexibility index (Phi) is 6.55. The minimum Gasteiger partial charge on any atom is -0.437 e. The molecule has 1 fully saturated rings. The number of rotatable bonds is 4. The van der Waals surface area contributed by atoms with Gasteiger partial charge in [0.1, 0.15) is 5.60 Å². The molecule has 2 aliphatic rings. The van der Waals surface area contributed by atoms with Gasteiger partial charge in [-0.2, -0.15) is 0 Å². The van der Waals surface area contributed by atoms with Crippen molar-refractivity contribution in [2.24, 2.45) is 7.05 Å². The summed E-state index contributed by atoms with van der Waals surface area (Å²) in [6.45, 7) is 6.57. The topological polar surface area (TPSA) is 77.6 Å². The fraction of sp³-hybridized carbons (Fsp3) is 0.360. The van der Waals surface area contributed by atoms with Crippen LogP contribution in [0.4, 0.5) is 0 Å². The van der Waals surface area contributed by atoms with Crippen LogP contribution in [0, 0.1) is 0 Å². The van der Waals surface area contributed by atoms with E-state index in [0.29, 0.717) is 21.3 Å². The highest BCUT2D eigenvalue weighted by atomic mass is 35.5. The SMILES string of the molecule is CB(O)N1CCN([C@H]2c3ccc(Cl)cc3C=C(C(C)(O)c3cncn3C)c3cc(Cl)cnc32)CC1. The van der Waals surface area contributed by atoms with Crippen molar-refractivity contribution in [1.29, 1.82) is 0 Å². The van der Waals surface area contributed by atoms with E-state index in [1.807, 2.05) is 42.0 Å². The number of hydrogen-bond acceptors (Lipinski definition) is 6. The van der Waals surface area contributed by atoms with Crippen LogP contribution in [0.3, 0.4) is 0 Å². The van der Waals surface area contributed by atoms with E-state index < -0.39 is 12.7 Å². The van der Waals surface area contributed by atoms with Crippen LogP contribution < -0.4 is 0 Å². The monoisotopic (exact) mass is 511 g/mol. The molecule has 5 rings (SSSR count). The van der Waals surface area contributed by atoms with Crippen LogP contribution in [0.25, 0.3) is 11.6 Å². The Balaban J connectivity index is 1.71. The van der Waals surface area contributed by atoms with E-state index in [2.05, 4.69) is 14.7 Å². The predicted octanol–water partition coefficient (Wildman–Crippen LogP) is 3.70. The molecule has 10 heteroatoms. The van der Waals surface area contributed by atoms with Gasteiger partial charge < -0.3 is 19.5 Å². The molecule has 1 aliphatic heterocycles. The maximum atomic E-state index is 11.9. The second-order valence-electron chi connectivity index (χ2n) is 9.49. The smallest absolute Gasteiger partial charge is 0.376 e. The van der Waals surface area contributed by atoms with Crippen molar-refractivity contribution in [2.75, 3.05) is 26.2 Å². The summed E-state index contributed by atoms with van der Waals surface area (Å²) in [5.41, 5.74) is 3.57. The fourth-order valence-corrected chi connectivity index (χ4v) is 5.63. The molecule has 3 heterocycles. The first-order valence-electron chi connectivity index (χ1n) is 11.7. The zero-order chi connectivity index (χ0) is 24.9. The van der Waals surface area contributed by atoms with E-state index in [9.17, 15) is 10.1 Å². The standard InChI is InChI=1S/C25H28BCl2N5O2/c1-25(34,22-14-29-15-31(22)3)21-11-16-10-17(27)4-5-19(16)24(23-20(21)12-18(28)13-30-23)32-6-8-33(9-7-32)26(2)35/h4-5,10-15,24,34-35H,6-9H2,1-3H3/t24-,25?/m0/s1. The summed E-state index contributed by atoms with van der Waals surface area (Å²) in [5.74, 6) is 0. The lowest BCUT2D eigenvalue weighted by Crippen LogP contribution is -2.52. The number of fused-ring (bicyclic) bond motifs is 2. The first-order chi connectivity index (χ1) is 16.7. The molecule has 0 amide bonds. The molecule has 7 nitrogen and oxygen atoms in total. The second kappa shape index (κ2) is 9.35. The molecule has 1 aliphatic carbocycles. The van der Waals surface area contributed by atoms with Gasteiger partial charge in [0, 0.05) is 50.0 Å². The molecule has 1 aromatic carbocycles. The molecule has 35 heavy (non-hydrogen) atoms. The van der Waals surface area contributed by atoms with Crippen LogP contribution in [0.1, 0.15) is 41.0 Å². The third kappa shape index (κ3) is 4.44. The summed E-state index contributed by atoms with van der Waals surface area (Å²) in [7, 11) is 1.38. The molecule has 3 aromatic rings. The van der Waals surface area contributed by atoms with Crippen molar-refractivity contribution in [1.82, 2.24) is 24.2 Å². The van der Waals surface area contributed by atoms with Crippen LogP contribution in [0.2, 0.25) is 16.9 Å². The van der Waals surface area contributed by atoms with Crippen molar-refractivity contribution < 1.29 is 10.1 Å². The Morgan fingerprint density at radius 3 is 2.49 bits per heavy atom. The molecule has 1 unspecified atom stereocenters. The largest absolute Gasteiger partial charge is 0.437 e. The van der Waals surface area contributed by atoms with Gasteiger partial charge in [-0.3, -0.25) is 9.88 Å². The Labute approximate surface area is 215 Å². The van der Waals surface area contributed by atoms with Crippen LogP contribution in [-0.4, -0.2) is 67.6 Å². The number of aliphatic hydroxyl groups is 1. The van der Waals surface area contributed by atoms with Crippen molar-refractivity contribution in [3.8, 4) is 0 Å². The van der Waals surface area contributed by atoms with Gasteiger partial charge in [-0.1, -0.05) is 29.3 Å². The van der Waals surface area contributed by atoms with Crippen LogP contribution in [-0.2, 0) is 12.6 Å². The molecule has 0 spiro atoms. The van der Waals surface area contributed by atoms with Crippen LogP contribution in [0.15, 0.2) is 43.0 Å². The molecule has 0 bridgehead atoms. The molecule has 2 aromatic heterocycles. The normalized spacial score (nSPS) is 20.4. The Bertz CT molecular complexity index is 1280. The molecular formula is C25H28BCl2N5O2. The summed E-state index contributed by atoms with van der Waals surface area (Å²) in [6.07, 6.45) is 7.01. The van der Waals surface area contributed by atoms with Crippen LogP contribution >= 0.6 is 23.2 Å². The lowest BCUT2D eigenvalue weighted by molar-refractivity contribution is 0.114. The van der Waals surface area contributed by atoms with Crippen molar-refractivity contribution in [3.63, 3.8) is 0 Å². The molecule has 0 saturated carbocycles. The molecule has 182 valence electrons. The van der Waals surface area contributed by atoms with E-state index in [0.717, 1.165) is 48.6 Å². The minimum absolute atomic E-state index is 0.165. The van der Waals surface area contributed by atoms with Crippen molar-refractivity contribution >= 4 is 41.9 Å². The van der Waals surface area contributed by atoms with E-state index in [4.69, 9.17) is 28.2 Å². The molecule has 2 atom stereocenters. The number of benzene rings is 1. The van der Waals surface area contributed by atoms with Crippen molar-refractivity contribution in [3.05, 3.63) is 81.1 Å². The number of piperazine rings is 1. The Hall–Kier alpha value is -2.20. The summed E-state index contributed by atoms with van der Waals surface area (Å²) in [6, 6.07) is 7.59. The summed E-state index contributed by atoms with van der Waals surface area (Å²) >= 11 is 12.9. The Morgan fingerprint density at radius 1 is 1.09 bits per heavy atom. The van der Waals surface area contributed by atoms with Gasteiger partial charge in [0.2, 0.25) is 0 Å². The van der Waals surface area contributed by atoms with Gasteiger partial charge in [0.15, 0.2) is 0 Å². The number of hydrogen-bond donors (Lipinski definition) is 2. The van der Waals surface area contributed by atoms with E-state index in [1.165, 1.54) is 0 Å². The highest BCUT2D eigenvalue weighted by molar-refractivity contribution is 6.45. The lowest BCUT2D eigenvalue weighted by atomic mass is 9.84. The fourth-order valence-electron chi connectivity index (χ4n) is 5.29. The molecule has 2 N–H and O–H groups in total. The number of nitrogens with zero attached hydrogens (tertiary/aromatic N) is 5. The Morgan fingerprint density at radius 2 is 1.83 bits per heavy atom. The predicted molar refractivity (Wildman–Crippen MR) is 140 cm³/mol. The van der Waals surface area contributed by atoms with E-state index in [1.54, 1.807) is 32.5 Å². The first kappa shape index (κ1) is 24.5. The van der Waals surface area contributed by atoms with Gasteiger partial charge in [-0.05, 0) is 54.7 Å². The number of halogens is 2. The first-order valence-corrected chi connectivity index (χ1v) is 12.4. The number of aryl methyl sites for hydroxylation is 1. The third-order valence-electron chi connectivity index (χ3n) is 7.16. The highest BCUT2D eigenvalue weighted by Crippen LogP contribution is 2.46. The maximum absolute atomic E-state index is 11.9. The zero-order valence-corrected chi connectivity index (χ0v) is 21.5. The van der Waals surface area contributed by atoms with Gasteiger partial charge in [-0.25, -0.2) is 4.98 Å². The molecule has 1 saturated heterocycles. The number of aromatic nitrogens is 3. The van der Waals surface area contributed by atoms with Gasteiger partial charge in [0.25, 0.3) is 0 Å². The lowest BCUT2D eigenvalue weighted by Gasteiger charge is -2.40. The summed E-state index contributed by atoms with van der Waals surface area (Å²) in [5, 5.41) is 23.1. The maximum Gasteiger partial charge on any atom is 0.376 e. The highest BCUT2D eigenvalue weighted by Gasteiger charge is 2.39. The zero-order valence-electron chi connectivity index (χ0n) is 20.0. The molecular weight excluding hydrogens is 484 g/mol. The molecule has 0 radical (unpaired) electrons. The van der Waals surface area contributed by atoms with Gasteiger partial charge >= 0.3 is 7.05 Å².